The molecule has 1 aromatic rings. The summed E-state index contributed by atoms with van der Waals surface area (Å²) in [4.78, 5) is 25.9. The van der Waals surface area contributed by atoms with E-state index in [4.69, 9.17) is 0 Å². The number of rotatable bonds is 1. The lowest BCUT2D eigenvalue weighted by atomic mass is 10.2. The summed E-state index contributed by atoms with van der Waals surface area (Å²) in [6.07, 6.45) is 1.52. The van der Waals surface area contributed by atoms with Gasteiger partial charge in [-0.15, -0.1) is 0 Å². The molecule has 5 heteroatoms. The van der Waals surface area contributed by atoms with Crippen molar-refractivity contribution in [1.29, 1.82) is 0 Å². The monoisotopic (exact) mass is 219 g/mol. The van der Waals surface area contributed by atoms with Crippen molar-refractivity contribution in [3.05, 3.63) is 29.9 Å². The van der Waals surface area contributed by atoms with Gasteiger partial charge in [0, 0.05) is 19.4 Å². The van der Waals surface area contributed by atoms with Gasteiger partial charge in [0.2, 0.25) is 11.8 Å². The van der Waals surface area contributed by atoms with E-state index in [0.29, 0.717) is 0 Å². The highest BCUT2D eigenvalue weighted by Gasteiger charge is 2.03. The van der Waals surface area contributed by atoms with Crippen LogP contribution in [0.15, 0.2) is 23.8 Å². The van der Waals surface area contributed by atoms with Crippen molar-refractivity contribution in [2.45, 2.75) is 20.8 Å². The smallest absolute Gasteiger partial charge is 0.245 e. The van der Waals surface area contributed by atoms with Crippen LogP contribution < -0.4 is 5.49 Å². The molecule has 0 aromatic carbocycles. The lowest BCUT2D eigenvalue weighted by Gasteiger charge is -2.03. The highest BCUT2D eigenvalue weighted by molar-refractivity contribution is 5.77. The van der Waals surface area contributed by atoms with Gasteiger partial charge in [-0.2, -0.15) is 14.8 Å². The van der Waals surface area contributed by atoms with Crippen molar-refractivity contribution >= 4 is 17.4 Å². The number of carbonyl (C=O) groups excluding carboxylic acids is 2. The zero-order valence-corrected chi connectivity index (χ0v) is 9.52. The van der Waals surface area contributed by atoms with Crippen LogP contribution in [0.5, 0.6) is 0 Å². The van der Waals surface area contributed by atoms with Gasteiger partial charge in [-0.3, -0.25) is 9.59 Å². The average Bonchev–Trinajstić information content (AvgIpc) is 2.15. The molecule has 0 aliphatic carbocycles. The summed E-state index contributed by atoms with van der Waals surface area (Å²) in [5, 5.41) is 3.91. The molecule has 5 nitrogen and oxygen atoms in total. The van der Waals surface area contributed by atoms with Gasteiger partial charge in [-0.1, -0.05) is 6.58 Å². The zero-order valence-electron chi connectivity index (χ0n) is 9.52. The molecule has 0 saturated carbocycles. The summed E-state index contributed by atoms with van der Waals surface area (Å²) in [5.74, 6) is -0.677. The first-order valence-electron chi connectivity index (χ1n) is 4.73. The molecule has 1 aromatic heterocycles. The Morgan fingerprint density at radius 3 is 2.44 bits per heavy atom. The second-order valence-corrected chi connectivity index (χ2v) is 3.44. The van der Waals surface area contributed by atoms with Crippen molar-refractivity contribution < 1.29 is 9.59 Å². The van der Waals surface area contributed by atoms with E-state index in [0.717, 1.165) is 15.8 Å². The van der Waals surface area contributed by atoms with Gasteiger partial charge in [-0.05, 0) is 18.6 Å². The molecule has 0 spiro atoms. The number of allylic oxidation sites excluding steroid dienone is 1. The standard InChI is InChI=1S/C11H13N3O2/c1-7(2)10-5-11(13-8(3)15)14(9(4)16)12-6-10/h5-6H,1H2,2-4H3. The van der Waals surface area contributed by atoms with Gasteiger partial charge in [-0.25, -0.2) is 0 Å². The number of aromatic nitrogens is 2. The van der Waals surface area contributed by atoms with E-state index in [1.165, 1.54) is 20.0 Å². The van der Waals surface area contributed by atoms with Gasteiger partial charge in [0.25, 0.3) is 0 Å². The molecule has 0 radical (unpaired) electrons. The second-order valence-electron chi connectivity index (χ2n) is 3.44. The molecule has 84 valence electrons. The van der Waals surface area contributed by atoms with Crippen molar-refractivity contribution in [1.82, 2.24) is 9.78 Å². The van der Waals surface area contributed by atoms with Crippen LogP contribution in [0, 0.1) is 0 Å². The summed E-state index contributed by atoms with van der Waals surface area (Å²) in [6, 6.07) is 1.61. The molecule has 0 N–H and O–H groups in total. The molecular weight excluding hydrogens is 206 g/mol. The quantitative estimate of drug-likeness (QED) is 0.708. The molecule has 16 heavy (non-hydrogen) atoms. The number of hydrogen-bond acceptors (Lipinski definition) is 3. The maximum Gasteiger partial charge on any atom is 0.245 e. The van der Waals surface area contributed by atoms with Crippen LogP contribution in [-0.4, -0.2) is 21.6 Å². The third-order valence-electron chi connectivity index (χ3n) is 1.88. The fraction of sp³-hybridized carbons (Fsp3) is 0.273. The van der Waals surface area contributed by atoms with Gasteiger partial charge in [0.15, 0.2) is 5.49 Å². The van der Waals surface area contributed by atoms with Crippen molar-refractivity contribution in [3.8, 4) is 0 Å². The van der Waals surface area contributed by atoms with E-state index in [2.05, 4.69) is 16.7 Å². The van der Waals surface area contributed by atoms with Gasteiger partial charge < -0.3 is 0 Å². The number of nitrogens with zero attached hydrogens (tertiary/aromatic N) is 3. The van der Waals surface area contributed by atoms with E-state index in [-0.39, 0.29) is 17.3 Å². The SMILES string of the molecule is C=C(C)c1cnn(C(C)=O)c(=NC(C)=O)c1. The Morgan fingerprint density at radius 2 is 2.00 bits per heavy atom. The minimum Gasteiger partial charge on any atom is -0.273 e. The topological polar surface area (TPSA) is 64.3 Å². The van der Waals surface area contributed by atoms with Gasteiger partial charge in [0.1, 0.15) is 0 Å². The third-order valence-corrected chi connectivity index (χ3v) is 1.88. The molecule has 0 unspecified atom stereocenters. The molecular formula is C11H13N3O2. The molecule has 0 fully saturated rings. The molecule has 0 aliphatic heterocycles. The Bertz CT molecular complexity index is 526. The first kappa shape index (κ1) is 12.0. The van der Waals surface area contributed by atoms with Crippen LogP contribution in [-0.2, 0) is 4.79 Å². The van der Waals surface area contributed by atoms with Crippen LogP contribution in [0.3, 0.4) is 0 Å². The third kappa shape index (κ3) is 2.73. The van der Waals surface area contributed by atoms with Crippen LogP contribution >= 0.6 is 0 Å². The maximum atomic E-state index is 11.2. The highest BCUT2D eigenvalue weighted by atomic mass is 16.2. The Morgan fingerprint density at radius 1 is 1.38 bits per heavy atom. The van der Waals surface area contributed by atoms with Crippen molar-refractivity contribution in [3.63, 3.8) is 0 Å². The van der Waals surface area contributed by atoms with Crippen LogP contribution in [0.4, 0.5) is 0 Å². The van der Waals surface area contributed by atoms with E-state index in [1.807, 2.05) is 6.92 Å². The fourth-order valence-electron chi connectivity index (χ4n) is 1.13. The molecule has 0 aliphatic rings. The molecule has 1 rings (SSSR count). The average molecular weight is 219 g/mol. The molecule has 0 bridgehead atoms. The number of carbonyl (C=O) groups is 2. The number of amides is 1. The highest BCUT2D eigenvalue weighted by Crippen LogP contribution is 2.05. The van der Waals surface area contributed by atoms with Crippen molar-refractivity contribution in [2.24, 2.45) is 4.99 Å². The van der Waals surface area contributed by atoms with Crippen LogP contribution in [0.1, 0.15) is 31.1 Å². The second kappa shape index (κ2) is 4.65. The first-order valence-corrected chi connectivity index (χ1v) is 4.73. The van der Waals surface area contributed by atoms with Crippen LogP contribution in [0.2, 0.25) is 0 Å². The van der Waals surface area contributed by atoms with E-state index < -0.39 is 0 Å². The lowest BCUT2D eigenvalue weighted by Crippen LogP contribution is -2.29. The van der Waals surface area contributed by atoms with Gasteiger partial charge in [0.05, 0.1) is 6.20 Å². The first-order chi connectivity index (χ1) is 7.41. The largest absolute Gasteiger partial charge is 0.273 e. The summed E-state index contributed by atoms with van der Waals surface area (Å²) < 4.78 is 1.08. The molecule has 0 saturated heterocycles. The summed E-state index contributed by atoms with van der Waals surface area (Å²) in [6.45, 7) is 8.24. The number of hydrogen-bond donors (Lipinski definition) is 0. The maximum absolute atomic E-state index is 11.2. The lowest BCUT2D eigenvalue weighted by molar-refractivity contribution is -0.116. The summed E-state index contributed by atoms with van der Waals surface area (Å²) >= 11 is 0. The van der Waals surface area contributed by atoms with Crippen molar-refractivity contribution in [2.75, 3.05) is 0 Å². The van der Waals surface area contributed by atoms with E-state index >= 15 is 0 Å². The molecule has 1 amide bonds. The fourth-order valence-corrected chi connectivity index (χ4v) is 1.13. The Kier molecular flexibility index (Phi) is 3.50. The van der Waals surface area contributed by atoms with Gasteiger partial charge >= 0.3 is 0 Å². The Hall–Kier alpha value is -2.04. The normalized spacial score (nSPS) is 11.3. The predicted octanol–water partition coefficient (Wildman–Crippen LogP) is 1.02. The molecule has 0 atom stereocenters. The summed E-state index contributed by atoms with van der Waals surface area (Å²) in [7, 11) is 0. The Labute approximate surface area is 93.1 Å². The van der Waals surface area contributed by atoms with E-state index in [1.54, 1.807) is 6.07 Å². The zero-order chi connectivity index (χ0) is 12.3. The predicted molar refractivity (Wildman–Crippen MR) is 59.5 cm³/mol. The van der Waals surface area contributed by atoms with E-state index in [9.17, 15) is 9.59 Å². The summed E-state index contributed by atoms with van der Waals surface area (Å²) in [5.41, 5.74) is 1.77. The van der Waals surface area contributed by atoms with Crippen LogP contribution in [0.25, 0.3) is 5.57 Å². The minimum absolute atomic E-state index is 0.223. The minimum atomic E-state index is -0.379. The Balaban J connectivity index is 3.50. The molecule has 1 heterocycles.